The minimum atomic E-state index is -0.450. The summed E-state index contributed by atoms with van der Waals surface area (Å²) < 4.78 is 0. The van der Waals surface area contributed by atoms with Crippen LogP contribution in [0.15, 0.2) is 5.11 Å². The summed E-state index contributed by atoms with van der Waals surface area (Å²) in [7, 11) is 0. The number of nitrogens with zero attached hydrogens (tertiary/aromatic N) is 3. The fourth-order valence-electron chi connectivity index (χ4n) is 1.42. The summed E-state index contributed by atoms with van der Waals surface area (Å²) in [6.45, 7) is -0.00292. The molecule has 1 rings (SSSR count). The molecule has 1 fully saturated rings. The summed E-state index contributed by atoms with van der Waals surface area (Å²) in [5, 5.41) is 12.5. The Bertz CT molecular complexity index is 156. The van der Waals surface area contributed by atoms with E-state index in [0.29, 0.717) is 0 Å². The van der Waals surface area contributed by atoms with E-state index in [9.17, 15) is 0 Å². The van der Waals surface area contributed by atoms with Gasteiger partial charge in [0.15, 0.2) is 0 Å². The molecule has 0 saturated heterocycles. The van der Waals surface area contributed by atoms with Crippen molar-refractivity contribution in [3.63, 3.8) is 0 Å². The summed E-state index contributed by atoms with van der Waals surface area (Å²) in [6.07, 6.45) is 3.82. The quantitative estimate of drug-likeness (QED) is 0.354. The fourth-order valence-corrected chi connectivity index (χ4v) is 1.42. The van der Waals surface area contributed by atoms with Gasteiger partial charge in [-0.25, -0.2) is 0 Å². The van der Waals surface area contributed by atoms with Crippen LogP contribution in [0.2, 0.25) is 0 Å². The van der Waals surface area contributed by atoms with Crippen LogP contribution in [0, 0.1) is 0 Å². The Morgan fingerprint density at radius 3 is 2.50 bits per heavy atom. The first-order valence-electron chi connectivity index (χ1n) is 3.50. The van der Waals surface area contributed by atoms with Gasteiger partial charge in [0.05, 0.1) is 12.1 Å². The van der Waals surface area contributed by atoms with Gasteiger partial charge in [-0.05, 0) is 18.4 Å². The van der Waals surface area contributed by atoms with Crippen molar-refractivity contribution >= 4 is 0 Å². The number of rotatable bonds is 2. The number of aliphatic hydroxyl groups excluding tert-OH is 1. The third-order valence-corrected chi connectivity index (χ3v) is 2.09. The molecule has 56 valence electrons. The Balaban J connectivity index is 2.66. The molecule has 1 aliphatic carbocycles. The summed E-state index contributed by atoms with van der Waals surface area (Å²) in [6, 6.07) is 0. The molecule has 0 heterocycles. The van der Waals surface area contributed by atoms with Crippen molar-refractivity contribution in [3.8, 4) is 0 Å². The zero-order chi connectivity index (χ0) is 7.45. The molecule has 0 aromatic heterocycles. The van der Waals surface area contributed by atoms with Crippen molar-refractivity contribution in [2.45, 2.75) is 31.2 Å². The molecule has 0 spiro atoms. The zero-order valence-electron chi connectivity index (χ0n) is 5.82. The van der Waals surface area contributed by atoms with E-state index in [2.05, 4.69) is 10.0 Å². The van der Waals surface area contributed by atoms with Crippen molar-refractivity contribution in [1.29, 1.82) is 0 Å². The maximum absolute atomic E-state index is 8.88. The van der Waals surface area contributed by atoms with E-state index >= 15 is 0 Å². The van der Waals surface area contributed by atoms with E-state index in [1.54, 1.807) is 0 Å². The second kappa shape index (κ2) is 2.90. The predicted octanol–water partition coefficient (Wildman–Crippen LogP) is 1.60. The third kappa shape index (κ3) is 1.23. The molecule has 4 heteroatoms. The Hall–Kier alpha value is -0.730. The molecule has 10 heavy (non-hydrogen) atoms. The lowest BCUT2D eigenvalue weighted by atomic mass is 10.0. The maximum atomic E-state index is 8.88. The molecule has 0 aliphatic heterocycles. The average Bonchev–Trinajstić information content (AvgIpc) is 2.39. The summed E-state index contributed by atoms with van der Waals surface area (Å²) >= 11 is 0. The molecule has 0 unspecified atom stereocenters. The monoisotopic (exact) mass is 141 g/mol. The highest BCUT2D eigenvalue weighted by Crippen LogP contribution is 2.32. The SMILES string of the molecule is [N-]=[N+]=NC1(CO)CCCC1. The van der Waals surface area contributed by atoms with Crippen LogP contribution in [0.3, 0.4) is 0 Å². The standard InChI is InChI=1S/C6H11N3O/c7-9-8-6(5-10)3-1-2-4-6/h10H,1-5H2. The summed E-state index contributed by atoms with van der Waals surface area (Å²) in [5.41, 5.74) is 7.72. The van der Waals surface area contributed by atoms with Gasteiger partial charge in [0, 0.05) is 4.91 Å². The van der Waals surface area contributed by atoms with Gasteiger partial charge in [0.2, 0.25) is 0 Å². The van der Waals surface area contributed by atoms with Crippen LogP contribution in [0.5, 0.6) is 0 Å². The number of hydrogen-bond acceptors (Lipinski definition) is 2. The van der Waals surface area contributed by atoms with Crippen LogP contribution >= 0.6 is 0 Å². The van der Waals surface area contributed by atoms with Gasteiger partial charge in [-0.3, -0.25) is 0 Å². The first-order valence-corrected chi connectivity index (χ1v) is 3.50. The molecule has 0 atom stereocenters. The summed E-state index contributed by atoms with van der Waals surface area (Å²) in [5.74, 6) is 0. The van der Waals surface area contributed by atoms with Crippen molar-refractivity contribution < 1.29 is 5.11 Å². The molecule has 1 aliphatic rings. The van der Waals surface area contributed by atoms with E-state index < -0.39 is 5.54 Å². The van der Waals surface area contributed by atoms with Gasteiger partial charge < -0.3 is 5.11 Å². The van der Waals surface area contributed by atoms with Crippen LogP contribution in [0.4, 0.5) is 0 Å². The lowest BCUT2D eigenvalue weighted by Crippen LogP contribution is -2.25. The molecular formula is C6H11N3O. The van der Waals surface area contributed by atoms with Gasteiger partial charge in [-0.15, -0.1) is 0 Å². The van der Waals surface area contributed by atoms with Gasteiger partial charge in [0.25, 0.3) is 0 Å². The van der Waals surface area contributed by atoms with Crippen molar-refractivity contribution in [2.24, 2.45) is 5.11 Å². The van der Waals surface area contributed by atoms with Gasteiger partial charge in [0.1, 0.15) is 0 Å². The van der Waals surface area contributed by atoms with Gasteiger partial charge in [-0.2, -0.15) is 0 Å². The largest absolute Gasteiger partial charge is 0.396 e. The van der Waals surface area contributed by atoms with E-state index in [1.807, 2.05) is 0 Å². The molecule has 0 bridgehead atoms. The molecule has 1 saturated carbocycles. The average molecular weight is 141 g/mol. The van der Waals surface area contributed by atoms with E-state index in [0.717, 1.165) is 25.7 Å². The second-order valence-electron chi connectivity index (χ2n) is 2.78. The topological polar surface area (TPSA) is 69.0 Å². The Morgan fingerprint density at radius 1 is 1.50 bits per heavy atom. The molecule has 0 amide bonds. The molecule has 0 aromatic carbocycles. The highest BCUT2D eigenvalue weighted by Gasteiger charge is 2.31. The Kier molecular flexibility index (Phi) is 2.14. The van der Waals surface area contributed by atoms with Crippen LogP contribution in [-0.4, -0.2) is 17.3 Å². The molecule has 4 nitrogen and oxygen atoms in total. The number of hydrogen-bond donors (Lipinski definition) is 1. The van der Waals surface area contributed by atoms with Crippen LogP contribution in [0.25, 0.3) is 10.4 Å². The highest BCUT2D eigenvalue weighted by molar-refractivity contribution is 4.92. The molecular weight excluding hydrogens is 130 g/mol. The number of azide groups is 1. The summed E-state index contributed by atoms with van der Waals surface area (Å²) in [4.78, 5) is 2.73. The molecule has 1 N–H and O–H groups in total. The number of aliphatic hydroxyl groups is 1. The third-order valence-electron chi connectivity index (χ3n) is 2.09. The van der Waals surface area contributed by atoms with Gasteiger partial charge >= 0.3 is 0 Å². The maximum Gasteiger partial charge on any atom is 0.0718 e. The Labute approximate surface area is 59.5 Å². The minimum absolute atomic E-state index is 0.00292. The van der Waals surface area contributed by atoms with E-state index in [1.165, 1.54) is 0 Å². The smallest absolute Gasteiger partial charge is 0.0718 e. The van der Waals surface area contributed by atoms with Crippen molar-refractivity contribution in [1.82, 2.24) is 0 Å². The van der Waals surface area contributed by atoms with Crippen molar-refractivity contribution in [3.05, 3.63) is 10.4 Å². The zero-order valence-corrected chi connectivity index (χ0v) is 5.82. The highest BCUT2D eigenvalue weighted by atomic mass is 16.3. The van der Waals surface area contributed by atoms with Gasteiger partial charge in [-0.1, -0.05) is 18.0 Å². The second-order valence-corrected chi connectivity index (χ2v) is 2.78. The van der Waals surface area contributed by atoms with Crippen LogP contribution in [-0.2, 0) is 0 Å². The van der Waals surface area contributed by atoms with E-state index in [4.69, 9.17) is 10.6 Å². The lowest BCUT2D eigenvalue weighted by molar-refractivity contribution is 0.199. The Morgan fingerprint density at radius 2 is 2.10 bits per heavy atom. The fraction of sp³-hybridized carbons (Fsp3) is 1.00. The van der Waals surface area contributed by atoms with E-state index in [-0.39, 0.29) is 6.61 Å². The minimum Gasteiger partial charge on any atom is -0.396 e. The normalized spacial score (nSPS) is 22.1. The predicted molar refractivity (Wildman–Crippen MR) is 37.4 cm³/mol. The molecule has 0 radical (unpaired) electrons. The first-order chi connectivity index (χ1) is 4.83. The van der Waals surface area contributed by atoms with Crippen molar-refractivity contribution in [2.75, 3.05) is 6.61 Å². The first kappa shape index (κ1) is 7.38. The van der Waals surface area contributed by atoms with Crippen LogP contribution in [0.1, 0.15) is 25.7 Å². The van der Waals surface area contributed by atoms with Crippen LogP contribution < -0.4 is 0 Å². The molecule has 0 aromatic rings. The lowest BCUT2D eigenvalue weighted by Gasteiger charge is -2.17.